The van der Waals surface area contributed by atoms with Gasteiger partial charge in [0.15, 0.2) is 0 Å². The highest BCUT2D eigenvalue weighted by Gasteiger charge is 2.51. The fraction of sp³-hybridized carbons (Fsp3) is 0.861. The fourth-order valence-electron chi connectivity index (χ4n) is 7.07. The number of hydrogen-bond donors (Lipinski definition) is 1. The Balaban J connectivity index is 2.15. The zero-order valence-corrected chi connectivity index (χ0v) is 29.1. The average molecular weight is 621 g/mol. The fourth-order valence-corrected chi connectivity index (χ4v) is 7.07. The molecule has 4 unspecified atom stereocenters. The standard InChI is InChI=1S/C36H64N2O6/c1-8-10-11-12-13-14-15-16-17-18-19-20-21-23-29-24-22-25-30(43-26(3)4)32(29)33-31(34(39)44-27(5)6)28(7)37-35(40)38(33)36(41)42-9-2/h26-27,29-30,32-33H,8-25H2,1-7H3,(H,37,40). The lowest BCUT2D eigenvalue weighted by Gasteiger charge is -2.47. The Hall–Kier alpha value is -2.09. The van der Waals surface area contributed by atoms with Crippen LogP contribution in [-0.2, 0) is 19.0 Å². The Kier molecular flexibility index (Phi) is 18.0. The molecule has 0 aromatic heterocycles. The second-order valence-corrected chi connectivity index (χ2v) is 13.5. The van der Waals surface area contributed by atoms with Crippen LogP contribution in [0.1, 0.15) is 158 Å². The average Bonchev–Trinajstić information content (AvgIpc) is 2.94. The van der Waals surface area contributed by atoms with Crippen molar-refractivity contribution in [1.29, 1.82) is 0 Å². The summed E-state index contributed by atoms with van der Waals surface area (Å²) in [5.41, 5.74) is 0.755. The summed E-state index contributed by atoms with van der Waals surface area (Å²) >= 11 is 0. The zero-order chi connectivity index (χ0) is 32.5. The van der Waals surface area contributed by atoms with E-state index < -0.39 is 24.1 Å². The van der Waals surface area contributed by atoms with Crippen molar-refractivity contribution >= 4 is 18.1 Å². The molecule has 1 saturated carbocycles. The van der Waals surface area contributed by atoms with Gasteiger partial charge in [-0.1, -0.05) is 96.8 Å². The molecule has 8 nitrogen and oxygen atoms in total. The number of ether oxygens (including phenoxy) is 3. The lowest BCUT2D eigenvalue weighted by molar-refractivity contribution is -0.144. The van der Waals surface area contributed by atoms with E-state index in [1.807, 2.05) is 13.8 Å². The number of urea groups is 1. The van der Waals surface area contributed by atoms with Crippen LogP contribution in [0.2, 0.25) is 0 Å². The molecule has 4 atom stereocenters. The van der Waals surface area contributed by atoms with Gasteiger partial charge in [-0.3, -0.25) is 0 Å². The third-order valence-corrected chi connectivity index (χ3v) is 9.05. The van der Waals surface area contributed by atoms with Gasteiger partial charge in [-0.15, -0.1) is 0 Å². The molecule has 0 radical (unpaired) electrons. The summed E-state index contributed by atoms with van der Waals surface area (Å²) in [5.74, 6) is -0.545. The second-order valence-electron chi connectivity index (χ2n) is 13.5. The number of hydrogen-bond acceptors (Lipinski definition) is 6. The van der Waals surface area contributed by atoms with Crippen molar-refractivity contribution in [3.63, 3.8) is 0 Å². The van der Waals surface area contributed by atoms with Gasteiger partial charge in [-0.05, 0) is 66.7 Å². The molecule has 44 heavy (non-hydrogen) atoms. The highest BCUT2D eigenvalue weighted by molar-refractivity contribution is 6.00. The number of nitrogens with one attached hydrogen (secondary N) is 1. The summed E-state index contributed by atoms with van der Waals surface area (Å²) in [6, 6.07) is -1.38. The monoisotopic (exact) mass is 620 g/mol. The van der Waals surface area contributed by atoms with Gasteiger partial charge >= 0.3 is 18.1 Å². The maximum atomic E-state index is 13.6. The first kappa shape index (κ1) is 38.1. The van der Waals surface area contributed by atoms with Crippen molar-refractivity contribution in [2.24, 2.45) is 11.8 Å². The number of nitrogens with zero attached hydrogens (tertiary/aromatic N) is 1. The summed E-state index contributed by atoms with van der Waals surface area (Å²) in [6.07, 6.45) is 19.4. The van der Waals surface area contributed by atoms with Crippen LogP contribution in [0.25, 0.3) is 0 Å². The first-order valence-corrected chi connectivity index (χ1v) is 18.0. The maximum absolute atomic E-state index is 13.6. The number of carbonyl (C=O) groups excluding carboxylic acids is 3. The van der Waals surface area contributed by atoms with E-state index in [0.717, 1.165) is 37.0 Å². The molecule has 1 aliphatic carbocycles. The van der Waals surface area contributed by atoms with Gasteiger partial charge < -0.3 is 19.5 Å². The molecule has 2 rings (SSSR count). The van der Waals surface area contributed by atoms with Gasteiger partial charge in [0.1, 0.15) is 0 Å². The lowest BCUT2D eigenvalue weighted by Crippen LogP contribution is -2.61. The molecule has 254 valence electrons. The van der Waals surface area contributed by atoms with Crippen LogP contribution in [0.4, 0.5) is 9.59 Å². The number of imide groups is 1. The molecule has 0 aromatic carbocycles. The molecule has 2 aliphatic rings. The highest BCUT2D eigenvalue weighted by atomic mass is 16.6. The van der Waals surface area contributed by atoms with Gasteiger partial charge in [0, 0.05) is 11.6 Å². The summed E-state index contributed by atoms with van der Waals surface area (Å²) in [6.45, 7) is 13.5. The smallest absolute Gasteiger partial charge is 0.418 e. The molecule has 0 aromatic rings. The van der Waals surface area contributed by atoms with E-state index in [1.54, 1.807) is 27.7 Å². The van der Waals surface area contributed by atoms with Crippen molar-refractivity contribution in [2.75, 3.05) is 6.61 Å². The third-order valence-electron chi connectivity index (χ3n) is 9.05. The Morgan fingerprint density at radius 2 is 1.41 bits per heavy atom. The molecule has 0 saturated heterocycles. The SMILES string of the molecule is CCCCCCCCCCCCCCCC1CCCC(OC(C)C)C1C1C(C(=O)OC(C)C)=C(C)NC(=O)N1C(=O)OCC. The van der Waals surface area contributed by atoms with E-state index >= 15 is 0 Å². The van der Waals surface area contributed by atoms with Crippen LogP contribution in [0.3, 0.4) is 0 Å². The van der Waals surface area contributed by atoms with E-state index in [9.17, 15) is 14.4 Å². The minimum atomic E-state index is -0.815. The lowest BCUT2D eigenvalue weighted by atomic mass is 9.68. The van der Waals surface area contributed by atoms with E-state index in [2.05, 4.69) is 12.2 Å². The minimum Gasteiger partial charge on any atom is -0.460 e. The summed E-state index contributed by atoms with van der Waals surface area (Å²) in [7, 11) is 0. The molecule has 0 spiro atoms. The van der Waals surface area contributed by atoms with Gasteiger partial charge in [-0.2, -0.15) is 0 Å². The third kappa shape index (κ3) is 12.4. The quantitative estimate of drug-likeness (QED) is 0.108. The number of rotatable bonds is 20. The molecule has 1 heterocycles. The van der Waals surface area contributed by atoms with Crippen LogP contribution >= 0.6 is 0 Å². The molecule has 1 aliphatic heterocycles. The summed E-state index contributed by atoms with van der Waals surface area (Å²) in [4.78, 5) is 41.4. The zero-order valence-electron chi connectivity index (χ0n) is 29.1. The number of unbranched alkanes of at least 4 members (excludes halogenated alkanes) is 12. The first-order valence-electron chi connectivity index (χ1n) is 18.0. The van der Waals surface area contributed by atoms with Gasteiger partial charge in [0.05, 0.1) is 36.5 Å². The van der Waals surface area contributed by atoms with E-state index in [4.69, 9.17) is 14.2 Å². The molecular weight excluding hydrogens is 556 g/mol. The van der Waals surface area contributed by atoms with Crippen LogP contribution < -0.4 is 5.32 Å². The molecule has 1 N–H and O–H groups in total. The van der Waals surface area contributed by atoms with E-state index in [-0.39, 0.29) is 36.8 Å². The molecule has 8 heteroatoms. The molecule has 0 bridgehead atoms. The van der Waals surface area contributed by atoms with Crippen LogP contribution in [0, 0.1) is 11.8 Å². The van der Waals surface area contributed by atoms with Crippen LogP contribution in [0.5, 0.6) is 0 Å². The summed E-state index contributed by atoms with van der Waals surface area (Å²) < 4.78 is 17.5. The predicted octanol–water partition coefficient (Wildman–Crippen LogP) is 9.45. The normalized spacial score (nSPS) is 22.5. The van der Waals surface area contributed by atoms with Gasteiger partial charge in [-0.25, -0.2) is 19.3 Å². The van der Waals surface area contributed by atoms with Crippen molar-refractivity contribution in [3.05, 3.63) is 11.3 Å². The number of esters is 1. The predicted molar refractivity (Wildman–Crippen MR) is 176 cm³/mol. The first-order chi connectivity index (χ1) is 21.1. The highest BCUT2D eigenvalue weighted by Crippen LogP contribution is 2.43. The second kappa shape index (κ2) is 20.8. The Morgan fingerprint density at radius 1 is 0.841 bits per heavy atom. The Labute approximate surface area is 268 Å². The van der Waals surface area contributed by atoms with Crippen molar-refractivity contribution in [3.8, 4) is 0 Å². The van der Waals surface area contributed by atoms with E-state index in [0.29, 0.717) is 11.3 Å². The van der Waals surface area contributed by atoms with Crippen molar-refractivity contribution < 1.29 is 28.6 Å². The van der Waals surface area contributed by atoms with Crippen molar-refractivity contribution in [1.82, 2.24) is 10.2 Å². The minimum absolute atomic E-state index is 0.0257. The van der Waals surface area contributed by atoms with Crippen LogP contribution in [-0.4, -0.2) is 54.0 Å². The van der Waals surface area contributed by atoms with Gasteiger partial charge in [0.25, 0.3) is 0 Å². The van der Waals surface area contributed by atoms with E-state index in [1.165, 1.54) is 77.0 Å². The largest absolute Gasteiger partial charge is 0.460 e. The topological polar surface area (TPSA) is 94.2 Å². The number of allylic oxidation sites excluding steroid dienone is 1. The molecule has 3 amide bonds. The molecular formula is C36H64N2O6. The number of carbonyl (C=O) groups is 3. The molecule has 1 fully saturated rings. The van der Waals surface area contributed by atoms with Crippen molar-refractivity contribution in [2.45, 2.75) is 182 Å². The summed E-state index contributed by atoms with van der Waals surface area (Å²) in [5, 5.41) is 2.73. The van der Waals surface area contributed by atoms with Crippen LogP contribution in [0.15, 0.2) is 11.3 Å². The Bertz CT molecular complexity index is 901. The Morgan fingerprint density at radius 3 is 1.93 bits per heavy atom. The maximum Gasteiger partial charge on any atom is 0.418 e. The van der Waals surface area contributed by atoms with Gasteiger partial charge in [0.2, 0.25) is 0 Å². The number of amides is 3.